The normalized spacial score (nSPS) is 22.8. The summed E-state index contributed by atoms with van der Waals surface area (Å²) in [5.74, 6) is 1.61. The van der Waals surface area contributed by atoms with E-state index in [4.69, 9.17) is 9.47 Å². The monoisotopic (exact) mass is 318 g/mol. The Balaban J connectivity index is 2.47. The molecule has 0 saturated carbocycles. The first-order valence-corrected chi connectivity index (χ1v) is 8.82. The fraction of sp³-hybridized carbons (Fsp3) is 0.714. The van der Waals surface area contributed by atoms with Crippen LogP contribution >= 0.6 is 0 Å². The topological polar surface area (TPSA) is 21.8 Å². The molecule has 2 nitrogen and oxygen atoms in total. The summed E-state index contributed by atoms with van der Waals surface area (Å²) in [5, 5.41) is 0. The molecule has 23 heavy (non-hydrogen) atoms. The van der Waals surface area contributed by atoms with Gasteiger partial charge in [-0.15, -0.1) is 0 Å². The van der Waals surface area contributed by atoms with Gasteiger partial charge in [0, 0.05) is 11.1 Å². The van der Waals surface area contributed by atoms with E-state index in [-0.39, 0.29) is 10.8 Å². The molecule has 1 aromatic rings. The average Bonchev–Trinajstić information content (AvgIpc) is 3.13. The number of ether oxygens (including phenoxy) is 2. The van der Waals surface area contributed by atoms with Gasteiger partial charge in [0.05, 0.1) is 19.3 Å². The van der Waals surface area contributed by atoms with Crippen LogP contribution in [0.5, 0.6) is 5.75 Å². The van der Waals surface area contributed by atoms with Gasteiger partial charge in [-0.25, -0.2) is 0 Å². The van der Waals surface area contributed by atoms with Crippen LogP contribution in [0.15, 0.2) is 12.1 Å². The fourth-order valence-corrected chi connectivity index (χ4v) is 3.43. The van der Waals surface area contributed by atoms with Gasteiger partial charge < -0.3 is 9.47 Å². The average molecular weight is 319 g/mol. The van der Waals surface area contributed by atoms with Gasteiger partial charge in [-0.3, -0.25) is 0 Å². The Bertz CT molecular complexity index is 525. The van der Waals surface area contributed by atoms with Crippen LogP contribution in [-0.4, -0.2) is 19.3 Å². The van der Waals surface area contributed by atoms with E-state index in [9.17, 15) is 0 Å². The number of rotatable bonds is 4. The molecule has 0 bridgehead atoms. The Hall–Kier alpha value is -1.02. The van der Waals surface area contributed by atoms with E-state index >= 15 is 0 Å². The lowest BCUT2D eigenvalue weighted by molar-refractivity contribution is 0.327. The van der Waals surface area contributed by atoms with E-state index in [0.29, 0.717) is 18.1 Å². The van der Waals surface area contributed by atoms with Crippen LogP contribution in [-0.2, 0) is 22.0 Å². The minimum atomic E-state index is 0.0635. The number of epoxide rings is 1. The van der Waals surface area contributed by atoms with Gasteiger partial charge in [0.25, 0.3) is 0 Å². The third-order valence-electron chi connectivity index (χ3n) is 4.85. The van der Waals surface area contributed by atoms with Crippen LogP contribution in [0.1, 0.15) is 72.1 Å². The van der Waals surface area contributed by atoms with Crippen molar-refractivity contribution < 1.29 is 9.47 Å². The van der Waals surface area contributed by atoms with Crippen LogP contribution in [0, 0.1) is 5.92 Å². The van der Waals surface area contributed by atoms with Crippen molar-refractivity contribution in [2.24, 2.45) is 5.92 Å². The van der Waals surface area contributed by atoms with Crippen molar-refractivity contribution in [1.29, 1.82) is 0 Å². The van der Waals surface area contributed by atoms with E-state index in [2.05, 4.69) is 67.5 Å². The molecule has 0 aliphatic carbocycles. The van der Waals surface area contributed by atoms with E-state index in [1.807, 2.05) is 0 Å². The predicted molar refractivity (Wildman–Crippen MR) is 97.6 cm³/mol. The number of benzene rings is 1. The molecule has 2 rings (SSSR count). The number of hydrogen-bond acceptors (Lipinski definition) is 2. The summed E-state index contributed by atoms with van der Waals surface area (Å²) >= 11 is 0. The lowest BCUT2D eigenvalue weighted by Crippen LogP contribution is -2.20. The van der Waals surface area contributed by atoms with Crippen molar-refractivity contribution in [2.45, 2.75) is 84.8 Å². The third kappa shape index (κ3) is 4.09. The van der Waals surface area contributed by atoms with E-state index in [1.165, 1.54) is 16.7 Å². The summed E-state index contributed by atoms with van der Waals surface area (Å²) in [5.41, 5.74) is 4.14. The van der Waals surface area contributed by atoms with Crippen molar-refractivity contribution in [3.8, 4) is 5.75 Å². The molecule has 1 aliphatic heterocycles. The third-order valence-corrected chi connectivity index (χ3v) is 4.85. The lowest BCUT2D eigenvalue weighted by atomic mass is 9.77. The summed E-state index contributed by atoms with van der Waals surface area (Å²) in [4.78, 5) is 0. The van der Waals surface area contributed by atoms with Crippen LogP contribution in [0.25, 0.3) is 0 Å². The maximum Gasteiger partial charge on any atom is 0.126 e. The fourth-order valence-electron chi connectivity index (χ4n) is 3.43. The molecule has 3 atom stereocenters. The zero-order valence-corrected chi connectivity index (χ0v) is 16.4. The van der Waals surface area contributed by atoms with Crippen molar-refractivity contribution in [3.05, 3.63) is 28.8 Å². The van der Waals surface area contributed by atoms with Crippen LogP contribution in [0.3, 0.4) is 0 Å². The van der Waals surface area contributed by atoms with Gasteiger partial charge in [0.2, 0.25) is 0 Å². The minimum Gasteiger partial charge on any atom is -0.496 e. The quantitative estimate of drug-likeness (QED) is 0.707. The molecule has 2 heteroatoms. The highest BCUT2D eigenvalue weighted by molar-refractivity contribution is 5.51. The molecule has 1 saturated heterocycles. The standard InChI is InChI=1S/C21H34O2/c1-13(18-14(2)23-18)10-15-11-16(20(3,4)5)19(22-9)17(12-15)21(6,7)8/h11-14,18H,10H2,1-9H3. The summed E-state index contributed by atoms with van der Waals surface area (Å²) in [7, 11) is 1.79. The molecule has 0 radical (unpaired) electrons. The lowest BCUT2D eigenvalue weighted by Gasteiger charge is -2.30. The van der Waals surface area contributed by atoms with Gasteiger partial charge in [-0.1, -0.05) is 60.6 Å². The maximum atomic E-state index is 5.84. The molecule has 1 aromatic carbocycles. The molecular weight excluding hydrogens is 284 g/mol. The Kier molecular flexibility index (Phi) is 4.88. The van der Waals surface area contributed by atoms with E-state index in [0.717, 1.165) is 12.2 Å². The van der Waals surface area contributed by atoms with Crippen molar-refractivity contribution in [1.82, 2.24) is 0 Å². The van der Waals surface area contributed by atoms with E-state index in [1.54, 1.807) is 7.11 Å². The molecule has 130 valence electrons. The van der Waals surface area contributed by atoms with Gasteiger partial charge in [-0.05, 0) is 35.7 Å². The molecule has 1 aliphatic rings. The zero-order valence-electron chi connectivity index (χ0n) is 16.4. The Morgan fingerprint density at radius 3 is 1.78 bits per heavy atom. The van der Waals surface area contributed by atoms with Gasteiger partial charge in [-0.2, -0.15) is 0 Å². The molecule has 1 fully saturated rings. The Morgan fingerprint density at radius 2 is 1.48 bits per heavy atom. The Labute approximate surface area is 142 Å². The number of hydrogen-bond donors (Lipinski definition) is 0. The van der Waals surface area contributed by atoms with Crippen molar-refractivity contribution in [3.63, 3.8) is 0 Å². The maximum absolute atomic E-state index is 5.84. The van der Waals surface area contributed by atoms with Gasteiger partial charge >= 0.3 is 0 Å². The highest BCUT2D eigenvalue weighted by atomic mass is 16.6. The van der Waals surface area contributed by atoms with Crippen molar-refractivity contribution in [2.75, 3.05) is 7.11 Å². The SMILES string of the molecule is COc1c(C(C)(C)C)cc(CC(C)C2OC2C)cc1C(C)(C)C. The Morgan fingerprint density at radius 1 is 1.04 bits per heavy atom. The van der Waals surface area contributed by atoms with Crippen LogP contribution in [0.4, 0.5) is 0 Å². The summed E-state index contributed by atoms with van der Waals surface area (Å²) in [6.45, 7) is 18.0. The van der Waals surface area contributed by atoms with Crippen LogP contribution < -0.4 is 4.74 Å². The highest BCUT2D eigenvalue weighted by Crippen LogP contribution is 2.41. The predicted octanol–water partition coefficient (Wildman–Crippen LogP) is 5.26. The molecule has 0 amide bonds. The molecular formula is C21H34O2. The second kappa shape index (κ2) is 6.12. The largest absolute Gasteiger partial charge is 0.496 e. The van der Waals surface area contributed by atoms with Crippen molar-refractivity contribution >= 4 is 0 Å². The van der Waals surface area contributed by atoms with E-state index < -0.39 is 0 Å². The molecule has 0 aromatic heterocycles. The second-order valence-electron chi connectivity index (χ2n) is 9.21. The molecule has 1 heterocycles. The highest BCUT2D eigenvalue weighted by Gasteiger charge is 2.39. The smallest absolute Gasteiger partial charge is 0.126 e. The first kappa shape index (κ1) is 18.3. The molecule has 3 unspecified atom stereocenters. The van der Waals surface area contributed by atoms with Gasteiger partial charge in [0.1, 0.15) is 5.75 Å². The summed E-state index contributed by atoms with van der Waals surface area (Å²) < 4.78 is 11.5. The summed E-state index contributed by atoms with van der Waals surface area (Å²) in [6.07, 6.45) is 1.91. The molecule has 0 spiro atoms. The van der Waals surface area contributed by atoms with Crippen LogP contribution in [0.2, 0.25) is 0 Å². The minimum absolute atomic E-state index is 0.0635. The second-order valence-corrected chi connectivity index (χ2v) is 9.21. The van der Waals surface area contributed by atoms with Gasteiger partial charge in [0.15, 0.2) is 0 Å². The molecule has 0 N–H and O–H groups in total. The zero-order chi connectivity index (χ0) is 17.6. The first-order chi connectivity index (χ1) is 10.4. The number of methoxy groups -OCH3 is 1. The summed E-state index contributed by atoms with van der Waals surface area (Å²) in [6, 6.07) is 4.69. The first-order valence-electron chi connectivity index (χ1n) is 8.82.